The zero-order valence-electron chi connectivity index (χ0n) is 7.34. The molecule has 1 heterocycles. The third-order valence-corrected chi connectivity index (χ3v) is 3.19. The van der Waals surface area contributed by atoms with E-state index in [4.69, 9.17) is 22.4 Å². The second-order valence-corrected chi connectivity index (χ2v) is 3.78. The Hall–Kier alpha value is -0.810. The van der Waals surface area contributed by atoms with Crippen molar-refractivity contribution in [1.82, 2.24) is 4.98 Å². The standard InChI is InChI=1S/C8H8BrClN2O2/c1-2-3-5(9)6(10)4(8(13)14)7(11)12-3/h2H2,1H3,(H2,11,12)(H,13,14). The summed E-state index contributed by atoms with van der Waals surface area (Å²) < 4.78 is 0.494. The summed E-state index contributed by atoms with van der Waals surface area (Å²) in [7, 11) is 0. The van der Waals surface area contributed by atoms with E-state index in [1.807, 2.05) is 6.92 Å². The van der Waals surface area contributed by atoms with Gasteiger partial charge in [0.1, 0.15) is 11.4 Å². The van der Waals surface area contributed by atoms with Gasteiger partial charge in [-0.2, -0.15) is 0 Å². The molecule has 1 rings (SSSR count). The zero-order valence-corrected chi connectivity index (χ0v) is 9.68. The van der Waals surface area contributed by atoms with Crippen LogP contribution in [0, 0.1) is 0 Å². The largest absolute Gasteiger partial charge is 0.478 e. The van der Waals surface area contributed by atoms with Crippen molar-refractivity contribution in [3.63, 3.8) is 0 Å². The predicted molar refractivity (Wildman–Crippen MR) is 57.7 cm³/mol. The van der Waals surface area contributed by atoms with Gasteiger partial charge in [0.05, 0.1) is 15.2 Å². The summed E-state index contributed by atoms with van der Waals surface area (Å²) in [6, 6.07) is 0. The molecule has 1 aromatic rings. The summed E-state index contributed by atoms with van der Waals surface area (Å²) >= 11 is 9.01. The zero-order chi connectivity index (χ0) is 10.9. The van der Waals surface area contributed by atoms with Crippen LogP contribution in [-0.2, 0) is 6.42 Å². The van der Waals surface area contributed by atoms with E-state index in [9.17, 15) is 4.79 Å². The SMILES string of the molecule is CCc1nc(N)c(C(=O)O)c(Cl)c1Br. The average molecular weight is 280 g/mol. The van der Waals surface area contributed by atoms with E-state index in [1.165, 1.54) is 0 Å². The Bertz CT molecular complexity index is 395. The molecule has 0 fully saturated rings. The van der Waals surface area contributed by atoms with Gasteiger partial charge in [-0.05, 0) is 22.4 Å². The Balaban J connectivity index is 3.49. The third-order valence-electron chi connectivity index (χ3n) is 1.73. The van der Waals surface area contributed by atoms with E-state index in [2.05, 4.69) is 20.9 Å². The highest BCUT2D eigenvalue weighted by molar-refractivity contribution is 9.10. The number of nitrogens with zero attached hydrogens (tertiary/aromatic N) is 1. The monoisotopic (exact) mass is 278 g/mol. The summed E-state index contributed by atoms with van der Waals surface area (Å²) in [6.45, 7) is 1.88. The number of carbonyl (C=O) groups is 1. The first kappa shape index (κ1) is 11.3. The summed E-state index contributed by atoms with van der Waals surface area (Å²) in [6.07, 6.45) is 0.629. The lowest BCUT2D eigenvalue weighted by Gasteiger charge is -2.08. The molecule has 0 amide bonds. The minimum atomic E-state index is -1.18. The minimum Gasteiger partial charge on any atom is -0.478 e. The number of pyridine rings is 1. The molecule has 1 aromatic heterocycles. The van der Waals surface area contributed by atoms with Crippen LogP contribution in [0.25, 0.3) is 0 Å². The average Bonchev–Trinajstić information content (AvgIpc) is 2.10. The fourth-order valence-corrected chi connectivity index (χ4v) is 1.89. The van der Waals surface area contributed by atoms with Gasteiger partial charge in [-0.3, -0.25) is 0 Å². The van der Waals surface area contributed by atoms with Crippen molar-refractivity contribution >= 4 is 39.3 Å². The molecule has 3 N–H and O–H groups in total. The molecular formula is C8H8BrClN2O2. The number of anilines is 1. The molecule has 4 nitrogen and oxygen atoms in total. The van der Waals surface area contributed by atoms with E-state index in [1.54, 1.807) is 0 Å². The number of hydrogen-bond acceptors (Lipinski definition) is 3. The van der Waals surface area contributed by atoms with E-state index in [0.717, 1.165) is 0 Å². The number of nitrogens with two attached hydrogens (primary N) is 1. The molecule has 0 unspecified atom stereocenters. The Morgan fingerprint density at radius 3 is 2.71 bits per heavy atom. The van der Waals surface area contributed by atoms with Crippen LogP contribution in [0.1, 0.15) is 23.0 Å². The Morgan fingerprint density at radius 1 is 1.71 bits per heavy atom. The van der Waals surface area contributed by atoms with Gasteiger partial charge < -0.3 is 10.8 Å². The van der Waals surface area contributed by atoms with Crippen LogP contribution >= 0.6 is 27.5 Å². The number of aromatic nitrogens is 1. The molecule has 0 bridgehead atoms. The highest BCUT2D eigenvalue weighted by Gasteiger charge is 2.19. The van der Waals surface area contributed by atoms with Crippen LogP contribution in [0.3, 0.4) is 0 Å². The van der Waals surface area contributed by atoms with Crippen molar-refractivity contribution in [2.45, 2.75) is 13.3 Å². The maximum Gasteiger partial charge on any atom is 0.341 e. The normalized spacial score (nSPS) is 10.2. The molecule has 0 spiro atoms. The topological polar surface area (TPSA) is 76.2 Å². The molecule has 0 aromatic carbocycles. The minimum absolute atomic E-state index is 0.0532. The Labute approximate surface area is 94.2 Å². The molecule has 0 atom stereocenters. The fourth-order valence-electron chi connectivity index (χ4n) is 1.04. The van der Waals surface area contributed by atoms with Crippen molar-refractivity contribution in [3.05, 3.63) is 20.8 Å². The molecule has 0 saturated heterocycles. The lowest BCUT2D eigenvalue weighted by molar-refractivity contribution is 0.0698. The summed E-state index contributed by atoms with van der Waals surface area (Å²) in [5, 5.41) is 8.91. The van der Waals surface area contributed by atoms with E-state index in [0.29, 0.717) is 16.6 Å². The first-order valence-electron chi connectivity index (χ1n) is 3.85. The van der Waals surface area contributed by atoms with Crippen molar-refractivity contribution in [1.29, 1.82) is 0 Å². The van der Waals surface area contributed by atoms with Crippen LogP contribution in [0.15, 0.2) is 4.47 Å². The van der Waals surface area contributed by atoms with Crippen molar-refractivity contribution in [3.8, 4) is 0 Å². The van der Waals surface area contributed by atoms with Gasteiger partial charge in [-0.15, -0.1) is 0 Å². The molecule has 76 valence electrons. The number of hydrogen-bond donors (Lipinski definition) is 2. The van der Waals surface area contributed by atoms with Gasteiger partial charge in [0.25, 0.3) is 0 Å². The molecule has 0 radical (unpaired) electrons. The van der Waals surface area contributed by atoms with Gasteiger partial charge in [-0.25, -0.2) is 9.78 Å². The highest BCUT2D eigenvalue weighted by atomic mass is 79.9. The maximum absolute atomic E-state index is 10.8. The number of rotatable bonds is 2. The van der Waals surface area contributed by atoms with Crippen molar-refractivity contribution in [2.75, 3.05) is 5.73 Å². The van der Waals surface area contributed by atoms with Crippen LogP contribution < -0.4 is 5.73 Å². The van der Waals surface area contributed by atoms with Gasteiger partial charge in [0.2, 0.25) is 0 Å². The fraction of sp³-hybridized carbons (Fsp3) is 0.250. The molecule has 0 aliphatic carbocycles. The summed E-state index contributed by atoms with van der Waals surface area (Å²) in [4.78, 5) is 14.7. The molecular weight excluding hydrogens is 271 g/mol. The van der Waals surface area contributed by atoms with Gasteiger partial charge in [0, 0.05) is 0 Å². The number of nitrogen functional groups attached to an aromatic ring is 1. The summed E-state index contributed by atoms with van der Waals surface area (Å²) in [5.74, 6) is -1.23. The van der Waals surface area contributed by atoms with E-state index in [-0.39, 0.29) is 16.4 Å². The highest BCUT2D eigenvalue weighted by Crippen LogP contribution is 2.32. The van der Waals surface area contributed by atoms with E-state index < -0.39 is 5.97 Å². The van der Waals surface area contributed by atoms with Gasteiger partial charge in [-0.1, -0.05) is 18.5 Å². The molecule has 0 saturated carbocycles. The maximum atomic E-state index is 10.8. The lowest BCUT2D eigenvalue weighted by atomic mass is 10.2. The molecule has 0 aliphatic rings. The third kappa shape index (κ3) is 1.83. The van der Waals surface area contributed by atoms with Gasteiger partial charge >= 0.3 is 5.97 Å². The second-order valence-electron chi connectivity index (χ2n) is 2.61. The number of halogens is 2. The Kier molecular flexibility index (Phi) is 3.34. The van der Waals surface area contributed by atoms with Crippen molar-refractivity contribution < 1.29 is 9.90 Å². The van der Waals surface area contributed by atoms with Crippen LogP contribution in [0.2, 0.25) is 5.02 Å². The first-order valence-corrected chi connectivity index (χ1v) is 5.02. The summed E-state index contributed by atoms with van der Waals surface area (Å²) in [5.41, 5.74) is 5.96. The molecule has 14 heavy (non-hydrogen) atoms. The number of aromatic carboxylic acids is 1. The number of aryl methyl sites for hydroxylation is 1. The second kappa shape index (κ2) is 4.14. The lowest BCUT2D eigenvalue weighted by Crippen LogP contribution is -2.08. The smallest absolute Gasteiger partial charge is 0.341 e. The quantitative estimate of drug-likeness (QED) is 0.871. The van der Waals surface area contributed by atoms with Crippen LogP contribution in [-0.4, -0.2) is 16.1 Å². The Morgan fingerprint density at radius 2 is 2.29 bits per heavy atom. The van der Waals surface area contributed by atoms with Crippen molar-refractivity contribution in [2.24, 2.45) is 0 Å². The van der Waals surface area contributed by atoms with Gasteiger partial charge in [0.15, 0.2) is 0 Å². The van der Waals surface area contributed by atoms with Crippen LogP contribution in [0.5, 0.6) is 0 Å². The van der Waals surface area contributed by atoms with Crippen LogP contribution in [0.4, 0.5) is 5.82 Å². The number of carboxylic acid groups (broad SMARTS) is 1. The first-order chi connectivity index (χ1) is 6.49. The molecule has 6 heteroatoms. The molecule has 0 aliphatic heterocycles. The predicted octanol–water partition coefficient (Wildman–Crippen LogP) is 2.34. The number of carboxylic acids is 1. The van der Waals surface area contributed by atoms with E-state index >= 15 is 0 Å².